The van der Waals surface area contributed by atoms with Crippen molar-refractivity contribution in [2.24, 2.45) is 5.41 Å². The molecule has 0 aliphatic carbocycles. The summed E-state index contributed by atoms with van der Waals surface area (Å²) < 4.78 is 0. The molecule has 1 aromatic rings. The molecule has 7 heteroatoms. The highest BCUT2D eigenvalue weighted by Crippen LogP contribution is 2.36. The Morgan fingerprint density at radius 1 is 1.33 bits per heavy atom. The molecule has 0 radical (unpaired) electrons. The summed E-state index contributed by atoms with van der Waals surface area (Å²) in [5, 5.41) is 16.1. The fourth-order valence-corrected chi connectivity index (χ4v) is 2.88. The van der Waals surface area contributed by atoms with Crippen LogP contribution in [0.5, 0.6) is 0 Å². The first-order valence-electron chi connectivity index (χ1n) is 7.46. The van der Waals surface area contributed by atoms with E-state index < -0.39 is 11.4 Å². The van der Waals surface area contributed by atoms with Gasteiger partial charge in [0.2, 0.25) is 5.82 Å². The van der Waals surface area contributed by atoms with Crippen LogP contribution in [0.2, 0.25) is 0 Å². The predicted octanol–water partition coefficient (Wildman–Crippen LogP) is 1.47. The summed E-state index contributed by atoms with van der Waals surface area (Å²) in [5.74, 6) is -0.115. The second-order valence-electron chi connectivity index (χ2n) is 5.59. The van der Waals surface area contributed by atoms with Gasteiger partial charge in [-0.05, 0) is 19.3 Å². The van der Waals surface area contributed by atoms with Crippen molar-refractivity contribution in [3.05, 3.63) is 11.6 Å². The zero-order chi connectivity index (χ0) is 15.5. The number of nitrogens with one attached hydrogen (secondary N) is 1. The van der Waals surface area contributed by atoms with Gasteiger partial charge >= 0.3 is 5.97 Å². The monoisotopic (exact) mass is 294 g/mol. The predicted molar refractivity (Wildman–Crippen MR) is 75.9 cm³/mol. The number of piperidine rings is 1. The molecule has 0 spiro atoms. The third kappa shape index (κ3) is 3.06. The molecule has 1 saturated heterocycles. The molecule has 116 valence electrons. The summed E-state index contributed by atoms with van der Waals surface area (Å²) in [6, 6.07) is 0. The van der Waals surface area contributed by atoms with E-state index in [1.807, 2.05) is 13.8 Å². The topological polar surface area (TPSA) is 99.2 Å². The van der Waals surface area contributed by atoms with Crippen molar-refractivity contribution in [1.82, 2.24) is 20.1 Å². The second kappa shape index (κ2) is 6.24. The highest BCUT2D eigenvalue weighted by molar-refractivity contribution is 5.90. The maximum atomic E-state index is 12.3. The van der Waals surface area contributed by atoms with Crippen molar-refractivity contribution in [3.63, 3.8) is 0 Å². The van der Waals surface area contributed by atoms with Crippen molar-refractivity contribution in [3.8, 4) is 0 Å². The van der Waals surface area contributed by atoms with Gasteiger partial charge in [-0.2, -0.15) is 0 Å². The van der Waals surface area contributed by atoms with Crippen molar-refractivity contribution >= 4 is 11.9 Å². The Morgan fingerprint density at radius 3 is 2.48 bits per heavy atom. The number of likely N-dealkylation sites (tertiary alicyclic amines) is 1. The van der Waals surface area contributed by atoms with Crippen LogP contribution in [-0.2, 0) is 11.2 Å². The number of amides is 1. The number of H-pyrrole nitrogens is 1. The van der Waals surface area contributed by atoms with Gasteiger partial charge in [-0.15, -0.1) is 5.10 Å². The van der Waals surface area contributed by atoms with E-state index in [-0.39, 0.29) is 11.7 Å². The Kier molecular flexibility index (Phi) is 4.59. The number of hydrogen-bond acceptors (Lipinski definition) is 4. The largest absolute Gasteiger partial charge is 0.481 e. The molecule has 7 nitrogen and oxygen atoms in total. The summed E-state index contributed by atoms with van der Waals surface area (Å²) in [7, 11) is 0. The Balaban J connectivity index is 2.02. The van der Waals surface area contributed by atoms with Crippen molar-refractivity contribution in [1.29, 1.82) is 0 Å². The standard InChI is InChI=1S/C14H22N4O3/c1-3-5-14(13(20)21)6-8-18(9-7-14)12(19)11-15-10(4-2)16-17-11/h3-9H2,1-2H3,(H,20,21)(H,15,16,17). The number of aromatic amines is 1. The fourth-order valence-electron chi connectivity index (χ4n) is 2.88. The van der Waals surface area contributed by atoms with Crippen LogP contribution in [0.15, 0.2) is 0 Å². The van der Waals surface area contributed by atoms with E-state index in [1.54, 1.807) is 4.90 Å². The van der Waals surface area contributed by atoms with Gasteiger partial charge in [0.15, 0.2) is 0 Å². The molecule has 2 heterocycles. The van der Waals surface area contributed by atoms with Crippen LogP contribution in [0.1, 0.15) is 56.0 Å². The van der Waals surface area contributed by atoms with Crippen LogP contribution in [0, 0.1) is 5.41 Å². The Morgan fingerprint density at radius 2 is 2.00 bits per heavy atom. The van der Waals surface area contributed by atoms with Crippen LogP contribution >= 0.6 is 0 Å². The molecule has 0 atom stereocenters. The number of carbonyl (C=O) groups excluding carboxylic acids is 1. The third-order valence-electron chi connectivity index (χ3n) is 4.25. The van der Waals surface area contributed by atoms with Gasteiger partial charge in [-0.25, -0.2) is 4.98 Å². The number of aryl methyl sites for hydroxylation is 1. The summed E-state index contributed by atoms with van der Waals surface area (Å²) in [5.41, 5.74) is -0.681. The molecular formula is C14H22N4O3. The fraction of sp³-hybridized carbons (Fsp3) is 0.714. The second-order valence-corrected chi connectivity index (χ2v) is 5.59. The lowest BCUT2D eigenvalue weighted by molar-refractivity contribution is -0.152. The van der Waals surface area contributed by atoms with E-state index >= 15 is 0 Å². The summed E-state index contributed by atoms with van der Waals surface area (Å²) in [4.78, 5) is 29.6. The van der Waals surface area contributed by atoms with Gasteiger partial charge in [0, 0.05) is 19.5 Å². The van der Waals surface area contributed by atoms with Crippen LogP contribution in [-0.4, -0.2) is 50.2 Å². The molecule has 0 unspecified atom stereocenters. The average Bonchev–Trinajstić information content (AvgIpc) is 2.96. The number of hydrogen-bond donors (Lipinski definition) is 2. The third-order valence-corrected chi connectivity index (χ3v) is 4.25. The van der Waals surface area contributed by atoms with E-state index in [0.29, 0.717) is 44.6 Å². The maximum Gasteiger partial charge on any atom is 0.309 e. The number of carboxylic acids is 1. The molecule has 1 amide bonds. The molecule has 2 rings (SSSR count). The van der Waals surface area contributed by atoms with E-state index in [9.17, 15) is 14.7 Å². The van der Waals surface area contributed by atoms with Crippen LogP contribution in [0.3, 0.4) is 0 Å². The summed E-state index contributed by atoms with van der Waals surface area (Å²) >= 11 is 0. The molecule has 1 aliphatic rings. The smallest absolute Gasteiger partial charge is 0.309 e. The molecule has 0 aromatic carbocycles. The molecule has 1 aliphatic heterocycles. The molecule has 0 bridgehead atoms. The first-order chi connectivity index (χ1) is 10.0. The lowest BCUT2D eigenvalue weighted by Gasteiger charge is -2.38. The average molecular weight is 294 g/mol. The molecule has 21 heavy (non-hydrogen) atoms. The number of aromatic nitrogens is 3. The maximum absolute atomic E-state index is 12.3. The van der Waals surface area contributed by atoms with E-state index in [1.165, 1.54) is 0 Å². The van der Waals surface area contributed by atoms with E-state index in [4.69, 9.17) is 0 Å². The lowest BCUT2D eigenvalue weighted by Crippen LogP contribution is -2.46. The van der Waals surface area contributed by atoms with Gasteiger partial charge in [-0.3, -0.25) is 14.7 Å². The highest BCUT2D eigenvalue weighted by atomic mass is 16.4. The van der Waals surface area contributed by atoms with Gasteiger partial charge in [0.25, 0.3) is 5.91 Å². The quantitative estimate of drug-likeness (QED) is 0.856. The van der Waals surface area contributed by atoms with E-state index in [0.717, 1.165) is 6.42 Å². The zero-order valence-electron chi connectivity index (χ0n) is 12.6. The molecule has 0 saturated carbocycles. The summed E-state index contributed by atoms with van der Waals surface area (Å²) in [6.45, 7) is 4.81. The van der Waals surface area contributed by atoms with Crippen molar-refractivity contribution < 1.29 is 14.7 Å². The summed E-state index contributed by atoms with van der Waals surface area (Å²) in [6.07, 6.45) is 3.17. The number of carbonyl (C=O) groups is 2. The number of aliphatic carboxylic acids is 1. The Hall–Kier alpha value is -1.92. The zero-order valence-corrected chi connectivity index (χ0v) is 12.6. The minimum Gasteiger partial charge on any atom is -0.481 e. The Bertz CT molecular complexity index is 518. The van der Waals surface area contributed by atoms with Gasteiger partial charge in [0.05, 0.1) is 5.41 Å². The van der Waals surface area contributed by atoms with Gasteiger partial charge in [-0.1, -0.05) is 20.3 Å². The van der Waals surface area contributed by atoms with Crippen molar-refractivity contribution in [2.75, 3.05) is 13.1 Å². The first-order valence-corrected chi connectivity index (χ1v) is 7.46. The SMILES string of the molecule is CCCC1(C(=O)O)CCN(C(=O)c2n[nH]c(CC)n2)CC1. The first kappa shape index (κ1) is 15.5. The normalized spacial score (nSPS) is 17.7. The van der Waals surface area contributed by atoms with Crippen LogP contribution in [0.25, 0.3) is 0 Å². The Labute approximate surface area is 123 Å². The van der Waals surface area contributed by atoms with Gasteiger partial charge in [0.1, 0.15) is 5.82 Å². The number of nitrogens with zero attached hydrogens (tertiary/aromatic N) is 3. The van der Waals surface area contributed by atoms with Crippen LogP contribution in [0.4, 0.5) is 0 Å². The minimum absolute atomic E-state index is 0.171. The number of carboxylic acid groups (broad SMARTS) is 1. The van der Waals surface area contributed by atoms with Crippen LogP contribution < -0.4 is 0 Å². The van der Waals surface area contributed by atoms with Crippen molar-refractivity contribution in [2.45, 2.75) is 46.0 Å². The highest BCUT2D eigenvalue weighted by Gasteiger charge is 2.41. The number of rotatable bonds is 5. The molecule has 2 N–H and O–H groups in total. The molecular weight excluding hydrogens is 272 g/mol. The molecule has 1 aromatic heterocycles. The lowest BCUT2D eigenvalue weighted by atomic mass is 9.75. The van der Waals surface area contributed by atoms with Gasteiger partial charge < -0.3 is 10.0 Å². The minimum atomic E-state index is -0.748. The van der Waals surface area contributed by atoms with E-state index in [2.05, 4.69) is 15.2 Å². The molecule has 1 fully saturated rings.